The molecule has 2 unspecified atom stereocenters. The van der Waals surface area contributed by atoms with E-state index >= 15 is 0 Å². The Kier molecular flexibility index (Phi) is 2.94. The van der Waals surface area contributed by atoms with Crippen LogP contribution in [0.4, 0.5) is 0 Å². The first kappa shape index (κ1) is 9.05. The van der Waals surface area contributed by atoms with Gasteiger partial charge in [-0.2, -0.15) is 0 Å². The average Bonchev–Trinajstić information content (AvgIpc) is 2.56. The summed E-state index contributed by atoms with van der Waals surface area (Å²) in [6.45, 7) is 8.97. The second kappa shape index (κ2) is 3.57. The molecule has 2 rings (SSSR count). The zero-order valence-corrected chi connectivity index (χ0v) is 8.11. The van der Waals surface area contributed by atoms with Gasteiger partial charge in [0.15, 0.2) is 0 Å². The molecule has 2 fully saturated rings. The first-order valence-electron chi connectivity index (χ1n) is 5.04. The Labute approximate surface area is 70.6 Å². The van der Waals surface area contributed by atoms with Crippen LogP contribution in [0.2, 0.25) is 0 Å². The Morgan fingerprint density at radius 3 is 2.18 bits per heavy atom. The lowest BCUT2D eigenvalue weighted by molar-refractivity contribution is 0.0676. The van der Waals surface area contributed by atoms with Gasteiger partial charge in [0.05, 0.1) is 0 Å². The van der Waals surface area contributed by atoms with Gasteiger partial charge in [0.1, 0.15) is 0 Å². The Balaban J connectivity index is 0.000000281. The van der Waals surface area contributed by atoms with Crippen molar-refractivity contribution in [2.75, 3.05) is 13.1 Å². The van der Waals surface area contributed by atoms with Crippen molar-refractivity contribution in [2.24, 2.45) is 11.3 Å². The van der Waals surface area contributed by atoms with E-state index in [4.69, 9.17) is 0 Å². The van der Waals surface area contributed by atoms with Crippen LogP contribution in [0.25, 0.3) is 0 Å². The maximum Gasteiger partial charge on any atom is 0.00108 e. The van der Waals surface area contributed by atoms with Crippen molar-refractivity contribution >= 4 is 0 Å². The summed E-state index contributed by atoms with van der Waals surface area (Å²) in [5, 5.41) is 3.45. The van der Waals surface area contributed by atoms with Crippen LogP contribution in [-0.2, 0) is 0 Å². The quantitative estimate of drug-likeness (QED) is 0.566. The summed E-state index contributed by atoms with van der Waals surface area (Å²) < 4.78 is 0. The fraction of sp³-hybridized carbons (Fsp3) is 1.00. The molecule has 1 nitrogen and oxygen atoms in total. The van der Waals surface area contributed by atoms with Gasteiger partial charge < -0.3 is 5.32 Å². The molecule has 1 heterocycles. The van der Waals surface area contributed by atoms with Crippen LogP contribution in [0, 0.1) is 11.3 Å². The van der Waals surface area contributed by atoms with Crippen molar-refractivity contribution in [1.82, 2.24) is 5.32 Å². The maximum absolute atomic E-state index is 3.45. The van der Waals surface area contributed by atoms with Crippen molar-refractivity contribution < 1.29 is 0 Å². The highest BCUT2D eigenvalue weighted by atomic mass is 14.9. The second-order valence-electron chi connectivity index (χ2n) is 3.73. The monoisotopic (exact) mass is 155 g/mol. The molecule has 0 aromatic rings. The lowest BCUT2D eigenvalue weighted by Crippen LogP contribution is -2.39. The smallest absolute Gasteiger partial charge is 0.00108 e. The van der Waals surface area contributed by atoms with E-state index in [-0.39, 0.29) is 0 Å². The van der Waals surface area contributed by atoms with Gasteiger partial charge >= 0.3 is 0 Å². The topological polar surface area (TPSA) is 12.0 Å². The summed E-state index contributed by atoms with van der Waals surface area (Å²) in [5.41, 5.74) is 0.764. The Morgan fingerprint density at radius 2 is 2.00 bits per heavy atom. The number of nitrogens with one attached hydrogen (secondary N) is 1. The summed E-state index contributed by atoms with van der Waals surface area (Å²) in [4.78, 5) is 0. The molecule has 1 aliphatic carbocycles. The summed E-state index contributed by atoms with van der Waals surface area (Å²) in [7, 11) is 0. The third-order valence-electron chi connectivity index (χ3n) is 3.40. The van der Waals surface area contributed by atoms with Crippen LogP contribution in [0.1, 0.15) is 40.0 Å². The largest absolute Gasteiger partial charge is 0.316 e. The van der Waals surface area contributed by atoms with Crippen LogP contribution in [0.15, 0.2) is 0 Å². The van der Waals surface area contributed by atoms with Gasteiger partial charge in [-0.05, 0) is 37.1 Å². The van der Waals surface area contributed by atoms with E-state index in [9.17, 15) is 0 Å². The molecule has 1 saturated heterocycles. The fourth-order valence-corrected chi connectivity index (χ4v) is 2.24. The Morgan fingerprint density at radius 1 is 1.27 bits per heavy atom. The summed E-state index contributed by atoms with van der Waals surface area (Å²) in [6.07, 6.45) is 4.40. The third kappa shape index (κ3) is 1.44. The van der Waals surface area contributed by atoms with Crippen molar-refractivity contribution in [3.8, 4) is 0 Å². The standard InChI is InChI=1S/C8H15N.C2H6/c1-7-2-3-8(7)4-5-9-6-8;1-2/h7,9H,2-6H2,1H3;1-2H3. The van der Waals surface area contributed by atoms with Gasteiger partial charge in [-0.15, -0.1) is 0 Å². The molecule has 1 aliphatic heterocycles. The lowest BCUT2D eigenvalue weighted by atomic mass is 9.60. The first-order valence-corrected chi connectivity index (χ1v) is 5.04. The highest BCUT2D eigenvalue weighted by molar-refractivity contribution is 4.98. The van der Waals surface area contributed by atoms with Crippen LogP contribution < -0.4 is 5.32 Å². The predicted octanol–water partition coefficient (Wildman–Crippen LogP) is 2.42. The average molecular weight is 155 g/mol. The highest BCUT2D eigenvalue weighted by Crippen LogP contribution is 2.50. The van der Waals surface area contributed by atoms with Crippen molar-refractivity contribution in [3.63, 3.8) is 0 Å². The van der Waals surface area contributed by atoms with Gasteiger partial charge in [0.25, 0.3) is 0 Å². The maximum atomic E-state index is 3.45. The van der Waals surface area contributed by atoms with E-state index in [0.29, 0.717) is 0 Å². The zero-order chi connectivity index (χ0) is 8.32. The number of hydrogen-bond acceptors (Lipinski definition) is 1. The Bertz CT molecular complexity index is 114. The summed E-state index contributed by atoms with van der Waals surface area (Å²) in [5.74, 6) is 1.01. The predicted molar refractivity (Wildman–Crippen MR) is 49.7 cm³/mol. The zero-order valence-electron chi connectivity index (χ0n) is 8.11. The van der Waals surface area contributed by atoms with Gasteiger partial charge in [-0.1, -0.05) is 20.8 Å². The second-order valence-corrected chi connectivity index (χ2v) is 3.73. The summed E-state index contributed by atoms with van der Waals surface area (Å²) in [6, 6.07) is 0. The lowest BCUT2D eigenvalue weighted by Gasteiger charge is -2.44. The van der Waals surface area contributed by atoms with E-state index in [2.05, 4.69) is 12.2 Å². The Hall–Kier alpha value is -0.0400. The molecule has 0 amide bonds. The van der Waals surface area contributed by atoms with Gasteiger partial charge in [0.2, 0.25) is 0 Å². The molecular formula is C10H21N. The molecule has 1 saturated carbocycles. The van der Waals surface area contributed by atoms with E-state index in [0.717, 1.165) is 11.3 Å². The van der Waals surface area contributed by atoms with Crippen LogP contribution in [-0.4, -0.2) is 13.1 Å². The SMILES string of the molecule is CC.CC1CCC12CCNC2. The fourth-order valence-electron chi connectivity index (χ4n) is 2.24. The molecule has 1 heteroatoms. The molecule has 0 aromatic heterocycles. The molecule has 11 heavy (non-hydrogen) atoms. The molecule has 2 aliphatic rings. The van der Waals surface area contributed by atoms with Crippen molar-refractivity contribution in [3.05, 3.63) is 0 Å². The summed E-state index contributed by atoms with van der Waals surface area (Å²) >= 11 is 0. The molecule has 0 aromatic carbocycles. The normalized spacial score (nSPS) is 41.2. The van der Waals surface area contributed by atoms with Crippen molar-refractivity contribution in [1.29, 1.82) is 0 Å². The third-order valence-corrected chi connectivity index (χ3v) is 3.40. The molecule has 0 radical (unpaired) electrons. The van der Waals surface area contributed by atoms with Gasteiger partial charge in [-0.3, -0.25) is 0 Å². The molecule has 0 bridgehead atoms. The van der Waals surface area contributed by atoms with E-state index < -0.39 is 0 Å². The van der Waals surface area contributed by atoms with Crippen molar-refractivity contribution in [2.45, 2.75) is 40.0 Å². The molecule has 2 atom stereocenters. The van der Waals surface area contributed by atoms with E-state index in [1.54, 1.807) is 0 Å². The molecule has 1 spiro atoms. The van der Waals surface area contributed by atoms with Gasteiger partial charge in [0, 0.05) is 6.54 Å². The molecule has 66 valence electrons. The number of hydrogen-bond donors (Lipinski definition) is 1. The number of rotatable bonds is 0. The van der Waals surface area contributed by atoms with Crippen LogP contribution in [0.5, 0.6) is 0 Å². The van der Waals surface area contributed by atoms with E-state index in [1.807, 2.05) is 13.8 Å². The molecule has 1 N–H and O–H groups in total. The van der Waals surface area contributed by atoms with Crippen LogP contribution >= 0.6 is 0 Å². The van der Waals surface area contributed by atoms with Gasteiger partial charge in [-0.25, -0.2) is 0 Å². The first-order chi connectivity index (χ1) is 5.33. The highest BCUT2D eigenvalue weighted by Gasteiger charge is 2.45. The van der Waals surface area contributed by atoms with Crippen LogP contribution in [0.3, 0.4) is 0 Å². The minimum Gasteiger partial charge on any atom is -0.316 e. The van der Waals surface area contributed by atoms with E-state index in [1.165, 1.54) is 32.4 Å². The molecular weight excluding hydrogens is 134 g/mol. The minimum absolute atomic E-state index is 0.764. The minimum atomic E-state index is 0.764.